The molecule has 0 radical (unpaired) electrons. The summed E-state index contributed by atoms with van der Waals surface area (Å²) in [6, 6.07) is 0. The summed E-state index contributed by atoms with van der Waals surface area (Å²) >= 11 is 0. The van der Waals surface area contributed by atoms with Gasteiger partial charge in [-0.2, -0.15) is 13.2 Å². The molecular formula is C24H35F3O. The molecule has 0 bridgehead atoms. The second-order valence-electron chi connectivity index (χ2n) is 10.5. The molecule has 3 fully saturated rings. The molecule has 1 nitrogen and oxygen atoms in total. The van der Waals surface area contributed by atoms with E-state index in [2.05, 4.69) is 26.8 Å². The van der Waals surface area contributed by atoms with Crippen molar-refractivity contribution in [1.29, 1.82) is 0 Å². The van der Waals surface area contributed by atoms with Gasteiger partial charge in [0.15, 0.2) is 0 Å². The molecule has 4 heteroatoms. The van der Waals surface area contributed by atoms with Crippen molar-refractivity contribution in [2.75, 3.05) is 7.11 Å². The van der Waals surface area contributed by atoms with Crippen LogP contribution >= 0.6 is 0 Å². The standard InChI is InChI=1S/C24H35F3O/c1-14-12-16-13-17(28-5)8-10-22(16,3)20-9-11-23(4)18(15(2)24(25,26)27)6-7-19(23)21(14)20/h12,15,17-20H,6-11,13H2,1-5H3/t15?,17-,18?,19?,20?,22?,23?/m0/s1. The first-order chi connectivity index (χ1) is 13.0. The Kier molecular flexibility index (Phi) is 4.85. The Hall–Kier alpha value is -0.770. The molecule has 4 aliphatic rings. The summed E-state index contributed by atoms with van der Waals surface area (Å²) < 4.78 is 46.3. The Morgan fingerprint density at radius 1 is 1.07 bits per heavy atom. The minimum Gasteiger partial charge on any atom is -0.381 e. The third-order valence-corrected chi connectivity index (χ3v) is 9.37. The second kappa shape index (κ2) is 6.62. The Labute approximate surface area is 167 Å². The number of methoxy groups -OCH3 is 1. The highest BCUT2D eigenvalue weighted by molar-refractivity contribution is 5.43. The Bertz CT molecular complexity index is 705. The molecule has 0 aromatic heterocycles. The number of hydrogen-bond donors (Lipinski definition) is 0. The van der Waals surface area contributed by atoms with Gasteiger partial charge in [-0.1, -0.05) is 43.6 Å². The normalized spacial score (nSPS) is 44.5. The minimum atomic E-state index is -4.09. The van der Waals surface area contributed by atoms with E-state index in [1.165, 1.54) is 23.6 Å². The summed E-state index contributed by atoms with van der Waals surface area (Å²) in [7, 11) is 1.80. The van der Waals surface area contributed by atoms with Crippen molar-refractivity contribution in [3.05, 3.63) is 22.8 Å². The van der Waals surface area contributed by atoms with Gasteiger partial charge in [-0.05, 0) is 80.5 Å². The van der Waals surface area contributed by atoms with Gasteiger partial charge in [0, 0.05) is 7.11 Å². The van der Waals surface area contributed by atoms with Crippen LogP contribution in [-0.4, -0.2) is 19.4 Å². The highest BCUT2D eigenvalue weighted by Crippen LogP contribution is 2.67. The number of ether oxygens (including phenoxy) is 1. The van der Waals surface area contributed by atoms with Gasteiger partial charge in [0.1, 0.15) is 0 Å². The van der Waals surface area contributed by atoms with Crippen molar-refractivity contribution in [1.82, 2.24) is 0 Å². The number of fused-ring (bicyclic) bond motifs is 5. The lowest BCUT2D eigenvalue weighted by atomic mass is 9.49. The molecule has 0 heterocycles. The fourth-order valence-corrected chi connectivity index (χ4v) is 7.62. The van der Waals surface area contributed by atoms with Crippen LogP contribution in [0.15, 0.2) is 22.8 Å². The molecule has 6 unspecified atom stereocenters. The quantitative estimate of drug-likeness (QED) is 0.484. The van der Waals surface area contributed by atoms with Crippen LogP contribution in [-0.2, 0) is 4.74 Å². The molecule has 7 atom stereocenters. The van der Waals surface area contributed by atoms with Crippen LogP contribution in [0.2, 0.25) is 0 Å². The highest BCUT2D eigenvalue weighted by atomic mass is 19.4. The largest absolute Gasteiger partial charge is 0.391 e. The smallest absolute Gasteiger partial charge is 0.381 e. The van der Waals surface area contributed by atoms with Crippen LogP contribution in [0.5, 0.6) is 0 Å². The maximum atomic E-state index is 13.6. The van der Waals surface area contributed by atoms with Gasteiger partial charge in [0.05, 0.1) is 12.0 Å². The van der Waals surface area contributed by atoms with E-state index in [1.807, 2.05) is 0 Å². The van der Waals surface area contributed by atoms with E-state index in [0.29, 0.717) is 24.4 Å². The zero-order valence-corrected chi connectivity index (χ0v) is 18.0. The minimum absolute atomic E-state index is 0.166. The van der Waals surface area contributed by atoms with Gasteiger partial charge in [0.2, 0.25) is 0 Å². The molecule has 0 N–H and O–H groups in total. The number of allylic oxidation sites excluding steroid dienone is 3. The maximum absolute atomic E-state index is 13.6. The molecule has 0 amide bonds. The van der Waals surface area contributed by atoms with Crippen LogP contribution in [0.25, 0.3) is 0 Å². The Balaban J connectivity index is 1.71. The zero-order chi connectivity index (χ0) is 20.5. The van der Waals surface area contributed by atoms with Gasteiger partial charge >= 0.3 is 6.18 Å². The van der Waals surface area contributed by atoms with Crippen LogP contribution in [0.4, 0.5) is 13.2 Å². The first-order valence-corrected chi connectivity index (χ1v) is 11.0. The fraction of sp³-hybridized carbons (Fsp3) is 0.833. The summed E-state index contributed by atoms with van der Waals surface area (Å²) in [5, 5.41) is 0. The molecule has 0 aliphatic heterocycles. The number of rotatable bonds is 2. The molecule has 0 saturated heterocycles. The van der Waals surface area contributed by atoms with Gasteiger partial charge in [-0.25, -0.2) is 0 Å². The zero-order valence-electron chi connectivity index (χ0n) is 18.0. The van der Waals surface area contributed by atoms with Crippen LogP contribution in [0.3, 0.4) is 0 Å². The third kappa shape index (κ3) is 2.84. The predicted octanol–water partition coefficient (Wildman–Crippen LogP) is 7.09. The topological polar surface area (TPSA) is 9.23 Å². The van der Waals surface area contributed by atoms with E-state index < -0.39 is 12.1 Å². The van der Waals surface area contributed by atoms with Crippen molar-refractivity contribution in [2.45, 2.75) is 84.9 Å². The second-order valence-corrected chi connectivity index (χ2v) is 10.5. The first-order valence-electron chi connectivity index (χ1n) is 11.0. The number of hydrogen-bond acceptors (Lipinski definition) is 1. The molecule has 4 rings (SSSR count). The third-order valence-electron chi connectivity index (χ3n) is 9.37. The maximum Gasteiger partial charge on any atom is 0.391 e. The van der Waals surface area contributed by atoms with E-state index in [0.717, 1.165) is 38.5 Å². The van der Waals surface area contributed by atoms with Crippen molar-refractivity contribution in [3.63, 3.8) is 0 Å². The summed E-state index contributed by atoms with van der Waals surface area (Å²) in [6.45, 7) is 8.20. The van der Waals surface area contributed by atoms with Crippen molar-refractivity contribution < 1.29 is 17.9 Å². The van der Waals surface area contributed by atoms with Gasteiger partial charge < -0.3 is 4.74 Å². The highest BCUT2D eigenvalue weighted by Gasteiger charge is 2.60. The summed E-state index contributed by atoms with van der Waals surface area (Å²) in [4.78, 5) is 0. The summed E-state index contributed by atoms with van der Waals surface area (Å²) in [6.07, 6.45) is 5.42. The average molecular weight is 397 g/mol. The Morgan fingerprint density at radius 2 is 1.79 bits per heavy atom. The summed E-state index contributed by atoms with van der Waals surface area (Å²) in [5.41, 5.74) is 4.31. The first kappa shape index (κ1) is 20.5. The van der Waals surface area contributed by atoms with E-state index in [-0.39, 0.29) is 16.7 Å². The SMILES string of the molecule is CO[C@H]1CCC2(C)C(=CC(C)=C3C2CCC2(C)C3CCC2C(C)C(F)(F)F)C1. The van der Waals surface area contributed by atoms with Gasteiger partial charge in [-0.3, -0.25) is 0 Å². The molecule has 4 aliphatic carbocycles. The van der Waals surface area contributed by atoms with Crippen LogP contribution < -0.4 is 0 Å². The van der Waals surface area contributed by atoms with E-state index in [9.17, 15) is 13.2 Å². The average Bonchev–Trinajstić information content (AvgIpc) is 2.97. The molecule has 0 aromatic carbocycles. The van der Waals surface area contributed by atoms with Gasteiger partial charge in [-0.15, -0.1) is 0 Å². The van der Waals surface area contributed by atoms with Crippen molar-refractivity contribution in [3.8, 4) is 0 Å². The molecular weight excluding hydrogens is 361 g/mol. The molecule has 158 valence electrons. The van der Waals surface area contributed by atoms with Crippen molar-refractivity contribution in [2.24, 2.45) is 34.5 Å². The lowest BCUT2D eigenvalue weighted by molar-refractivity contribution is -0.194. The predicted molar refractivity (Wildman–Crippen MR) is 106 cm³/mol. The lowest BCUT2D eigenvalue weighted by Crippen LogP contribution is -2.48. The van der Waals surface area contributed by atoms with E-state index in [1.54, 1.807) is 7.11 Å². The molecule has 0 aromatic rings. The lowest BCUT2D eigenvalue weighted by Gasteiger charge is -2.56. The van der Waals surface area contributed by atoms with Crippen LogP contribution in [0, 0.1) is 34.5 Å². The fourth-order valence-electron chi connectivity index (χ4n) is 7.62. The van der Waals surface area contributed by atoms with Crippen molar-refractivity contribution >= 4 is 0 Å². The monoisotopic (exact) mass is 396 g/mol. The number of halogens is 3. The summed E-state index contributed by atoms with van der Waals surface area (Å²) in [5.74, 6) is -0.636. The van der Waals surface area contributed by atoms with E-state index in [4.69, 9.17) is 4.74 Å². The molecule has 0 spiro atoms. The number of alkyl halides is 3. The molecule has 3 saturated carbocycles. The Morgan fingerprint density at radius 3 is 2.43 bits per heavy atom. The van der Waals surface area contributed by atoms with E-state index >= 15 is 0 Å². The van der Waals surface area contributed by atoms with Gasteiger partial charge in [0.25, 0.3) is 0 Å². The van der Waals surface area contributed by atoms with Crippen LogP contribution in [0.1, 0.15) is 72.6 Å². The molecule has 28 heavy (non-hydrogen) atoms.